The number of nitriles is 1. The summed E-state index contributed by atoms with van der Waals surface area (Å²) in [6.45, 7) is 3.24. The van der Waals surface area contributed by atoms with Crippen molar-refractivity contribution >= 4 is 0 Å². The Morgan fingerprint density at radius 3 is 2.39 bits per heavy atom. The molecule has 0 N–H and O–H groups in total. The normalized spacial score (nSPS) is 29.3. The molecule has 0 aromatic rings. The zero-order valence-corrected chi connectivity index (χ0v) is 11.0. The lowest BCUT2D eigenvalue weighted by molar-refractivity contribution is -0.154. The molecule has 104 valence electrons. The van der Waals surface area contributed by atoms with Gasteiger partial charge in [-0.15, -0.1) is 0 Å². The van der Waals surface area contributed by atoms with E-state index in [4.69, 9.17) is 5.26 Å². The van der Waals surface area contributed by atoms with E-state index in [0.717, 1.165) is 25.7 Å². The number of hydrogen-bond acceptors (Lipinski definition) is 2. The monoisotopic (exact) mass is 262 g/mol. The molecule has 1 aliphatic carbocycles. The van der Waals surface area contributed by atoms with Crippen LogP contribution >= 0.6 is 0 Å². The van der Waals surface area contributed by atoms with Crippen molar-refractivity contribution in [3.63, 3.8) is 0 Å². The zero-order valence-electron chi connectivity index (χ0n) is 11.0. The van der Waals surface area contributed by atoms with Crippen LogP contribution in [0.4, 0.5) is 13.2 Å². The topological polar surface area (TPSA) is 27.0 Å². The number of alkyl halides is 3. The van der Waals surface area contributed by atoms with Crippen molar-refractivity contribution in [3.8, 4) is 6.07 Å². The number of hydrogen-bond donors (Lipinski definition) is 0. The molecule has 0 aromatic heterocycles. The van der Waals surface area contributed by atoms with Gasteiger partial charge in [0, 0.05) is 6.04 Å². The molecule has 5 heteroatoms. The zero-order chi connectivity index (χ0) is 13.8. The van der Waals surface area contributed by atoms with Crippen molar-refractivity contribution < 1.29 is 13.2 Å². The van der Waals surface area contributed by atoms with Crippen LogP contribution in [0.3, 0.4) is 0 Å². The highest BCUT2D eigenvalue weighted by atomic mass is 19.4. The number of rotatable bonds is 4. The van der Waals surface area contributed by atoms with Crippen LogP contribution in [0.2, 0.25) is 0 Å². The van der Waals surface area contributed by atoms with Crippen molar-refractivity contribution in [2.75, 3.05) is 13.1 Å². The summed E-state index contributed by atoms with van der Waals surface area (Å²) in [5.74, 6) is 0.206. The van der Waals surface area contributed by atoms with Gasteiger partial charge in [-0.3, -0.25) is 4.90 Å². The molecular formula is C13H21F3N2. The van der Waals surface area contributed by atoms with Crippen molar-refractivity contribution in [2.45, 2.75) is 51.7 Å². The molecule has 0 radical (unpaired) electrons. The fourth-order valence-corrected chi connectivity index (χ4v) is 2.85. The highest BCUT2D eigenvalue weighted by Gasteiger charge is 2.38. The molecule has 18 heavy (non-hydrogen) atoms. The average molecular weight is 262 g/mol. The summed E-state index contributed by atoms with van der Waals surface area (Å²) in [4.78, 5) is 1.43. The Balaban J connectivity index is 2.76. The molecule has 1 saturated carbocycles. The van der Waals surface area contributed by atoms with Gasteiger partial charge in [-0.2, -0.15) is 18.4 Å². The van der Waals surface area contributed by atoms with Gasteiger partial charge in [-0.05, 0) is 31.7 Å². The molecule has 0 amide bonds. The summed E-state index contributed by atoms with van der Waals surface area (Å²) in [5.41, 5.74) is 0. The van der Waals surface area contributed by atoms with Crippen LogP contribution in [-0.2, 0) is 0 Å². The molecule has 0 bridgehead atoms. The first-order valence-electron chi connectivity index (χ1n) is 6.61. The van der Waals surface area contributed by atoms with E-state index >= 15 is 0 Å². The van der Waals surface area contributed by atoms with Crippen molar-refractivity contribution in [2.24, 2.45) is 11.8 Å². The van der Waals surface area contributed by atoms with E-state index in [1.807, 2.05) is 0 Å². The van der Waals surface area contributed by atoms with Crippen LogP contribution < -0.4 is 0 Å². The smallest absolute Gasteiger partial charge is 0.291 e. The summed E-state index contributed by atoms with van der Waals surface area (Å²) in [5, 5.41) is 9.11. The fourth-order valence-electron chi connectivity index (χ4n) is 2.85. The van der Waals surface area contributed by atoms with Crippen LogP contribution in [0.5, 0.6) is 0 Å². The molecule has 1 aliphatic rings. The first kappa shape index (κ1) is 15.3. The quantitative estimate of drug-likeness (QED) is 0.774. The van der Waals surface area contributed by atoms with Gasteiger partial charge in [0.25, 0.3) is 0 Å². The highest BCUT2D eigenvalue weighted by Crippen LogP contribution is 2.34. The first-order valence-corrected chi connectivity index (χ1v) is 6.61. The Labute approximate surface area is 107 Å². The fraction of sp³-hybridized carbons (Fsp3) is 0.923. The second-order valence-corrected chi connectivity index (χ2v) is 5.07. The van der Waals surface area contributed by atoms with Crippen LogP contribution in [0.15, 0.2) is 0 Å². The van der Waals surface area contributed by atoms with Gasteiger partial charge in [0.05, 0.1) is 18.5 Å². The Morgan fingerprint density at radius 2 is 1.94 bits per heavy atom. The SMILES string of the molecule is CCC1CCC(C#N)C(N(CC)CC(F)(F)F)C1. The van der Waals surface area contributed by atoms with Crippen molar-refractivity contribution in [1.29, 1.82) is 5.26 Å². The molecule has 2 nitrogen and oxygen atoms in total. The maximum atomic E-state index is 12.5. The molecule has 1 rings (SSSR count). The molecule has 1 fully saturated rings. The third kappa shape index (κ3) is 4.16. The van der Waals surface area contributed by atoms with Gasteiger partial charge in [-0.25, -0.2) is 0 Å². The van der Waals surface area contributed by atoms with Gasteiger partial charge >= 0.3 is 6.18 Å². The predicted octanol–water partition coefficient (Wildman–Crippen LogP) is 3.59. The van der Waals surface area contributed by atoms with Crippen molar-refractivity contribution in [3.05, 3.63) is 0 Å². The standard InChI is InChI=1S/C13H21F3N2/c1-3-10-5-6-11(8-17)12(7-10)18(4-2)9-13(14,15)16/h10-12H,3-7,9H2,1-2H3. The summed E-state index contributed by atoms with van der Waals surface area (Å²) in [6.07, 6.45) is -0.783. The highest BCUT2D eigenvalue weighted by molar-refractivity contribution is 4.97. The van der Waals surface area contributed by atoms with Gasteiger partial charge in [0.2, 0.25) is 0 Å². The van der Waals surface area contributed by atoms with Gasteiger partial charge in [0.1, 0.15) is 0 Å². The predicted molar refractivity (Wildman–Crippen MR) is 63.8 cm³/mol. The minimum absolute atomic E-state index is 0.236. The molecule has 0 spiro atoms. The molecule has 3 unspecified atom stereocenters. The largest absolute Gasteiger partial charge is 0.401 e. The van der Waals surface area contributed by atoms with E-state index in [-0.39, 0.29) is 12.0 Å². The van der Waals surface area contributed by atoms with Gasteiger partial charge < -0.3 is 0 Å². The average Bonchev–Trinajstić information content (AvgIpc) is 2.34. The molecular weight excluding hydrogens is 241 g/mol. The van der Waals surface area contributed by atoms with Gasteiger partial charge in [-0.1, -0.05) is 20.3 Å². The van der Waals surface area contributed by atoms with Crippen molar-refractivity contribution in [1.82, 2.24) is 4.90 Å². The molecule has 3 atom stereocenters. The third-order valence-corrected chi connectivity index (χ3v) is 3.93. The molecule has 0 aromatic carbocycles. The van der Waals surface area contributed by atoms with Crippen LogP contribution in [0.1, 0.15) is 39.5 Å². The second kappa shape index (κ2) is 6.42. The van der Waals surface area contributed by atoms with Crippen LogP contribution in [0.25, 0.3) is 0 Å². The summed E-state index contributed by atoms with van der Waals surface area (Å²) in [7, 11) is 0. The maximum absolute atomic E-state index is 12.5. The minimum Gasteiger partial charge on any atom is -0.291 e. The van der Waals surface area contributed by atoms with E-state index in [2.05, 4.69) is 13.0 Å². The third-order valence-electron chi connectivity index (χ3n) is 3.93. The van der Waals surface area contributed by atoms with E-state index in [1.165, 1.54) is 4.90 Å². The molecule has 0 saturated heterocycles. The van der Waals surface area contributed by atoms with E-state index in [9.17, 15) is 13.2 Å². The summed E-state index contributed by atoms with van der Waals surface area (Å²) in [6, 6.07) is 1.95. The van der Waals surface area contributed by atoms with Crippen LogP contribution in [-0.4, -0.2) is 30.2 Å². The molecule has 0 aliphatic heterocycles. The lowest BCUT2D eigenvalue weighted by Gasteiger charge is -2.40. The maximum Gasteiger partial charge on any atom is 0.401 e. The van der Waals surface area contributed by atoms with E-state index in [0.29, 0.717) is 12.5 Å². The lowest BCUT2D eigenvalue weighted by atomic mass is 9.77. The minimum atomic E-state index is -4.19. The second-order valence-electron chi connectivity index (χ2n) is 5.07. The Bertz CT molecular complexity index is 296. The van der Waals surface area contributed by atoms with E-state index < -0.39 is 12.7 Å². The summed E-state index contributed by atoms with van der Waals surface area (Å²) < 4.78 is 37.6. The van der Waals surface area contributed by atoms with E-state index in [1.54, 1.807) is 6.92 Å². The Hall–Kier alpha value is -0.760. The molecule has 0 heterocycles. The first-order chi connectivity index (χ1) is 8.41. The van der Waals surface area contributed by atoms with Gasteiger partial charge in [0.15, 0.2) is 0 Å². The lowest BCUT2D eigenvalue weighted by Crippen LogP contribution is -2.47. The number of halogens is 3. The number of nitrogens with zero attached hydrogens (tertiary/aromatic N) is 2. The van der Waals surface area contributed by atoms with Crippen LogP contribution in [0, 0.1) is 23.2 Å². The Morgan fingerprint density at radius 1 is 1.28 bits per heavy atom. The summed E-state index contributed by atoms with van der Waals surface area (Å²) >= 11 is 0. The Kier molecular flexibility index (Phi) is 5.46.